The Morgan fingerprint density at radius 3 is 2.39 bits per heavy atom. The van der Waals surface area contributed by atoms with Crippen molar-refractivity contribution in [2.45, 2.75) is 13.8 Å². The van der Waals surface area contributed by atoms with Gasteiger partial charge in [-0.25, -0.2) is 0 Å². The maximum absolute atomic E-state index is 10.0. The van der Waals surface area contributed by atoms with Crippen molar-refractivity contribution < 1.29 is 30.0 Å². The first-order valence-corrected chi connectivity index (χ1v) is 13.7. The van der Waals surface area contributed by atoms with Crippen LogP contribution in [0.15, 0.2) is 103 Å². The van der Waals surface area contributed by atoms with Gasteiger partial charge in [0.1, 0.15) is 0 Å². The maximum atomic E-state index is 10.0. The van der Waals surface area contributed by atoms with Crippen LogP contribution in [0.25, 0.3) is 57.7 Å². The molecule has 0 aliphatic carbocycles. The molecule has 7 aromatic rings. The molecule has 0 aliphatic heterocycles. The molecule has 1 N–H and O–H groups in total. The Kier molecular flexibility index (Phi) is 7.34. The third-order valence-corrected chi connectivity index (χ3v) is 8.68. The number of pyridine rings is 1. The van der Waals surface area contributed by atoms with E-state index in [0.29, 0.717) is 14.5 Å². The van der Waals surface area contributed by atoms with E-state index < -0.39 is 0 Å². The number of carbonyl (C=O) groups is 1. The summed E-state index contributed by atoms with van der Waals surface area (Å²) in [5.41, 5.74) is 4.53. The molecule has 6 heteroatoms. The first-order chi connectivity index (χ1) is 18.0. The topological polar surface area (TPSA) is 55.1 Å². The Labute approximate surface area is 239 Å². The Morgan fingerprint density at radius 1 is 0.921 bits per heavy atom. The third-order valence-electron chi connectivity index (χ3n) is 6.33. The first kappa shape index (κ1) is 26.1. The number of nitrogens with zero attached hydrogens (tertiary/aromatic N) is 2. The van der Waals surface area contributed by atoms with Crippen LogP contribution in [0.3, 0.4) is 0 Å². The molecule has 3 aromatic heterocycles. The normalized spacial score (nSPS) is 11.6. The summed E-state index contributed by atoms with van der Waals surface area (Å²) in [5, 5.41) is 14.5. The van der Waals surface area contributed by atoms with Gasteiger partial charge < -0.3 is 5.11 Å². The molecule has 3 heterocycles. The number of aromatic nitrogens is 2. The van der Waals surface area contributed by atoms with Gasteiger partial charge in [-0.2, -0.15) is 0 Å². The average molecular weight is 739 g/mol. The predicted octanol–water partition coefficient (Wildman–Crippen LogP) is 7.53. The van der Waals surface area contributed by atoms with Crippen molar-refractivity contribution in [3.63, 3.8) is 0 Å². The van der Waals surface area contributed by atoms with E-state index in [2.05, 4.69) is 95.6 Å². The van der Waals surface area contributed by atoms with E-state index in [-0.39, 0.29) is 31.6 Å². The van der Waals surface area contributed by atoms with E-state index in [1.165, 1.54) is 50.1 Å². The zero-order valence-electron chi connectivity index (χ0n) is 20.7. The number of allylic oxidation sites excluding steroid dienone is 2. The molecule has 0 saturated carbocycles. The molecule has 0 aliphatic rings. The van der Waals surface area contributed by atoms with Crippen molar-refractivity contribution in [3.05, 3.63) is 109 Å². The van der Waals surface area contributed by atoms with Gasteiger partial charge in [0.05, 0.1) is 5.76 Å². The molecule has 189 valence electrons. The molecule has 4 aromatic carbocycles. The summed E-state index contributed by atoms with van der Waals surface area (Å²) in [6.45, 7) is 2.85. The SMILES string of the molecule is CC(=O)/C=C(/C)O.[Ir].[c-]1ccc2[se]c3cccc4c3c2c1c1ncc2ccccc2c1n4-c1ccccc1. The van der Waals surface area contributed by atoms with Crippen LogP contribution in [0.4, 0.5) is 0 Å². The molecular formula is C32H23IrN2O2Se-. The van der Waals surface area contributed by atoms with E-state index in [4.69, 9.17) is 10.1 Å². The zero-order valence-corrected chi connectivity index (χ0v) is 24.8. The number of para-hydroxylation sites is 1. The van der Waals surface area contributed by atoms with Gasteiger partial charge in [0.15, 0.2) is 5.78 Å². The number of hydrogen-bond acceptors (Lipinski definition) is 3. The molecule has 0 bridgehead atoms. The van der Waals surface area contributed by atoms with Gasteiger partial charge in [-0.1, -0.05) is 0 Å². The Balaban J connectivity index is 0.000000329. The van der Waals surface area contributed by atoms with Gasteiger partial charge in [0, 0.05) is 26.2 Å². The van der Waals surface area contributed by atoms with Crippen molar-refractivity contribution in [2.75, 3.05) is 0 Å². The van der Waals surface area contributed by atoms with E-state index in [9.17, 15) is 4.79 Å². The standard InChI is InChI=1S/C27H15N2Se.C5H8O2.Ir/c1-2-9-18(10-3-1)29-21-13-7-15-23-25(21)24-20(12-6-14-22(24)30-23)26-27(29)19-11-5-4-8-17(19)16-28-26;1-4(6)3-5(2)7;/h1-11,13-16H;3,6H,1-2H3;/q-1;;/b;4-3-;. The molecule has 0 fully saturated rings. The number of carbonyl (C=O) groups excluding carboxylic acids is 1. The zero-order chi connectivity index (χ0) is 25.5. The van der Waals surface area contributed by atoms with E-state index in [0.717, 1.165) is 27.5 Å². The third kappa shape index (κ3) is 4.51. The Bertz CT molecular complexity index is 1980. The monoisotopic (exact) mass is 740 g/mol. The van der Waals surface area contributed by atoms with Gasteiger partial charge in [0.2, 0.25) is 0 Å². The molecule has 0 spiro atoms. The van der Waals surface area contributed by atoms with Gasteiger partial charge >= 0.3 is 179 Å². The van der Waals surface area contributed by atoms with Gasteiger partial charge in [-0.15, -0.1) is 0 Å². The van der Waals surface area contributed by atoms with Gasteiger partial charge in [-0.05, 0) is 13.8 Å². The van der Waals surface area contributed by atoms with Crippen molar-refractivity contribution in [1.82, 2.24) is 9.55 Å². The van der Waals surface area contributed by atoms with Gasteiger partial charge in [0.25, 0.3) is 0 Å². The number of benzene rings is 4. The summed E-state index contributed by atoms with van der Waals surface area (Å²) in [6, 6.07) is 33.8. The summed E-state index contributed by atoms with van der Waals surface area (Å²) >= 11 is 0.307. The minimum atomic E-state index is -0.125. The molecular weight excluding hydrogens is 716 g/mol. The fraction of sp³-hybridized carbons (Fsp3) is 0.0625. The minimum absolute atomic E-state index is 0. The fourth-order valence-corrected chi connectivity index (χ4v) is 7.36. The van der Waals surface area contributed by atoms with Crippen LogP contribution < -0.4 is 0 Å². The van der Waals surface area contributed by atoms with Crippen molar-refractivity contribution in [3.8, 4) is 5.69 Å². The summed E-state index contributed by atoms with van der Waals surface area (Å²) in [6.07, 6.45) is 3.17. The molecule has 0 amide bonds. The van der Waals surface area contributed by atoms with Crippen molar-refractivity contribution in [1.29, 1.82) is 0 Å². The number of aliphatic hydroxyl groups is 1. The number of rotatable bonds is 2. The Hall–Kier alpha value is -3.53. The fourth-order valence-electron chi connectivity index (χ4n) is 4.98. The number of ketones is 1. The van der Waals surface area contributed by atoms with Crippen LogP contribution in [-0.2, 0) is 24.9 Å². The summed E-state index contributed by atoms with van der Waals surface area (Å²) in [5.74, 6) is -0.0625. The number of fused-ring (bicyclic) bond motifs is 4. The second-order valence-corrected chi connectivity index (χ2v) is 11.2. The van der Waals surface area contributed by atoms with Gasteiger partial charge in [-0.3, -0.25) is 4.79 Å². The molecule has 4 nitrogen and oxygen atoms in total. The number of hydrogen-bond donors (Lipinski definition) is 1. The molecule has 0 saturated heterocycles. The van der Waals surface area contributed by atoms with E-state index in [1.54, 1.807) is 0 Å². The van der Waals surface area contributed by atoms with Crippen molar-refractivity contribution >= 4 is 72.3 Å². The van der Waals surface area contributed by atoms with E-state index in [1.807, 2.05) is 6.20 Å². The van der Waals surface area contributed by atoms with E-state index >= 15 is 0 Å². The summed E-state index contributed by atoms with van der Waals surface area (Å²) < 4.78 is 5.27. The molecule has 7 rings (SSSR count). The molecule has 38 heavy (non-hydrogen) atoms. The predicted molar refractivity (Wildman–Crippen MR) is 154 cm³/mol. The summed E-state index contributed by atoms with van der Waals surface area (Å²) in [4.78, 5) is 15.0. The van der Waals surface area contributed by atoms with Crippen LogP contribution in [0, 0.1) is 6.07 Å². The Morgan fingerprint density at radius 2 is 1.66 bits per heavy atom. The molecule has 0 atom stereocenters. The van der Waals surface area contributed by atoms with Crippen LogP contribution in [0.1, 0.15) is 13.8 Å². The molecule has 0 unspecified atom stereocenters. The quantitative estimate of drug-likeness (QED) is 0.0865. The van der Waals surface area contributed by atoms with Crippen LogP contribution in [0.5, 0.6) is 0 Å². The average Bonchev–Trinajstić information content (AvgIpc) is 3.22. The van der Waals surface area contributed by atoms with Crippen molar-refractivity contribution in [2.24, 2.45) is 0 Å². The number of aliphatic hydroxyl groups excluding tert-OH is 1. The van der Waals surface area contributed by atoms with Crippen LogP contribution in [0.2, 0.25) is 0 Å². The molecule has 1 radical (unpaired) electrons. The first-order valence-electron chi connectivity index (χ1n) is 12.0. The second-order valence-electron chi connectivity index (χ2n) is 8.95. The van der Waals surface area contributed by atoms with Crippen LogP contribution >= 0.6 is 0 Å². The second kappa shape index (κ2) is 10.7. The summed E-state index contributed by atoms with van der Waals surface area (Å²) in [7, 11) is 0. The van der Waals surface area contributed by atoms with Crippen LogP contribution in [-0.4, -0.2) is 34.9 Å².